The number of hydrogen-bond donors (Lipinski definition) is 1. The summed E-state index contributed by atoms with van der Waals surface area (Å²) in [5, 5.41) is 13.5. The molecule has 2 aromatic carbocycles. The number of benzene rings is 2. The van der Waals surface area contributed by atoms with Gasteiger partial charge in [-0.15, -0.1) is 0 Å². The highest BCUT2D eigenvalue weighted by atomic mass is 79.9. The van der Waals surface area contributed by atoms with Gasteiger partial charge in [-0.3, -0.25) is 15.4 Å². The highest BCUT2D eigenvalue weighted by Crippen LogP contribution is 2.30. The average Bonchev–Trinajstić information content (AvgIpc) is 2.49. The summed E-state index contributed by atoms with van der Waals surface area (Å²) in [5.41, 5.74) is 1.48. The molecule has 0 spiro atoms. The van der Waals surface area contributed by atoms with Crippen molar-refractivity contribution in [3.63, 3.8) is 0 Å². The van der Waals surface area contributed by atoms with Gasteiger partial charge in [0.15, 0.2) is 0 Å². The molecule has 22 heavy (non-hydrogen) atoms. The summed E-state index contributed by atoms with van der Waals surface area (Å²) in [4.78, 5) is 22.3. The van der Waals surface area contributed by atoms with Crippen molar-refractivity contribution < 1.29 is 14.5 Å². The van der Waals surface area contributed by atoms with Crippen LogP contribution in [0.3, 0.4) is 0 Å². The van der Waals surface area contributed by atoms with Gasteiger partial charge in [0.2, 0.25) is 0 Å². The van der Waals surface area contributed by atoms with Crippen LogP contribution in [0.4, 0.5) is 16.2 Å². The fraction of sp³-hybridized carbons (Fsp3) is 0.133. The number of ether oxygens (including phenoxy) is 1. The van der Waals surface area contributed by atoms with Crippen molar-refractivity contribution in [2.24, 2.45) is 0 Å². The molecular weight excluding hydrogens is 352 g/mol. The standard InChI is InChI=1S/C15H13BrN2O4/c1-10-13(7-12(16)8-14(10)18(20)21)17-15(19)22-9-11-5-3-2-4-6-11/h2-8H,9H2,1H3,(H,17,19). The monoisotopic (exact) mass is 364 g/mol. The summed E-state index contributed by atoms with van der Waals surface area (Å²) in [5.74, 6) is 0. The first kappa shape index (κ1) is 16.0. The Morgan fingerprint density at radius 3 is 2.64 bits per heavy atom. The SMILES string of the molecule is Cc1c(NC(=O)OCc2ccccc2)cc(Br)cc1[N+](=O)[O-]. The van der Waals surface area contributed by atoms with E-state index in [0.717, 1.165) is 5.56 Å². The Kier molecular flexibility index (Phi) is 5.11. The zero-order valence-electron chi connectivity index (χ0n) is 11.7. The topological polar surface area (TPSA) is 81.5 Å². The van der Waals surface area contributed by atoms with E-state index in [0.29, 0.717) is 15.7 Å². The van der Waals surface area contributed by atoms with Crippen molar-refractivity contribution in [1.82, 2.24) is 0 Å². The quantitative estimate of drug-likeness (QED) is 0.643. The molecule has 0 saturated carbocycles. The van der Waals surface area contributed by atoms with Crippen LogP contribution in [0.2, 0.25) is 0 Å². The predicted molar refractivity (Wildman–Crippen MR) is 85.8 cm³/mol. The lowest BCUT2D eigenvalue weighted by Gasteiger charge is -2.10. The maximum Gasteiger partial charge on any atom is 0.411 e. The molecule has 2 rings (SSSR count). The van der Waals surface area contributed by atoms with Crippen molar-refractivity contribution in [3.05, 3.63) is 68.2 Å². The van der Waals surface area contributed by atoms with Gasteiger partial charge >= 0.3 is 6.09 Å². The maximum atomic E-state index is 11.8. The summed E-state index contributed by atoms with van der Waals surface area (Å²) >= 11 is 3.18. The minimum Gasteiger partial charge on any atom is -0.444 e. The number of nitrogens with zero attached hydrogens (tertiary/aromatic N) is 1. The van der Waals surface area contributed by atoms with E-state index in [-0.39, 0.29) is 12.3 Å². The van der Waals surface area contributed by atoms with Gasteiger partial charge < -0.3 is 4.74 Å². The number of rotatable bonds is 4. The van der Waals surface area contributed by atoms with Crippen molar-refractivity contribution in [3.8, 4) is 0 Å². The zero-order chi connectivity index (χ0) is 16.1. The van der Waals surface area contributed by atoms with Crippen LogP contribution >= 0.6 is 15.9 Å². The fourth-order valence-corrected chi connectivity index (χ4v) is 2.30. The number of nitro groups is 1. The van der Waals surface area contributed by atoms with E-state index < -0.39 is 11.0 Å². The number of anilines is 1. The highest BCUT2D eigenvalue weighted by molar-refractivity contribution is 9.10. The number of nitrogens with one attached hydrogen (secondary N) is 1. The first-order valence-corrected chi connectivity index (χ1v) is 7.19. The van der Waals surface area contributed by atoms with Crippen LogP contribution in [-0.2, 0) is 11.3 Å². The molecule has 0 bridgehead atoms. The molecule has 1 amide bonds. The maximum absolute atomic E-state index is 11.8. The van der Waals surface area contributed by atoms with Crippen LogP contribution in [0.25, 0.3) is 0 Å². The molecule has 114 valence electrons. The second kappa shape index (κ2) is 7.04. The van der Waals surface area contributed by atoms with E-state index in [4.69, 9.17) is 4.74 Å². The molecule has 0 aliphatic carbocycles. The van der Waals surface area contributed by atoms with Crippen LogP contribution in [0.1, 0.15) is 11.1 Å². The van der Waals surface area contributed by atoms with E-state index in [2.05, 4.69) is 21.2 Å². The number of hydrogen-bond acceptors (Lipinski definition) is 4. The lowest BCUT2D eigenvalue weighted by Crippen LogP contribution is -2.14. The normalized spacial score (nSPS) is 10.1. The van der Waals surface area contributed by atoms with Crippen LogP contribution in [0.15, 0.2) is 46.9 Å². The first-order valence-electron chi connectivity index (χ1n) is 6.39. The predicted octanol–water partition coefficient (Wildman–Crippen LogP) is 4.41. The molecule has 0 atom stereocenters. The molecule has 0 heterocycles. The van der Waals surface area contributed by atoms with Gasteiger partial charge in [-0.2, -0.15) is 0 Å². The smallest absolute Gasteiger partial charge is 0.411 e. The van der Waals surface area contributed by atoms with E-state index in [1.54, 1.807) is 13.0 Å². The summed E-state index contributed by atoms with van der Waals surface area (Å²) in [6.45, 7) is 1.69. The molecule has 7 heteroatoms. The molecule has 0 saturated heterocycles. The molecule has 1 N–H and O–H groups in total. The molecule has 0 unspecified atom stereocenters. The van der Waals surface area contributed by atoms with E-state index in [1.807, 2.05) is 30.3 Å². The third-order valence-electron chi connectivity index (χ3n) is 2.99. The number of halogens is 1. The number of amides is 1. The summed E-state index contributed by atoms with van der Waals surface area (Å²) < 4.78 is 5.59. The third kappa shape index (κ3) is 4.05. The Labute approximate surface area is 135 Å². The fourth-order valence-electron chi connectivity index (χ4n) is 1.85. The van der Waals surface area contributed by atoms with E-state index in [1.165, 1.54) is 6.07 Å². The largest absolute Gasteiger partial charge is 0.444 e. The molecular formula is C15H13BrN2O4. The van der Waals surface area contributed by atoms with Gasteiger partial charge in [-0.1, -0.05) is 46.3 Å². The van der Waals surface area contributed by atoms with E-state index in [9.17, 15) is 14.9 Å². The molecule has 0 fully saturated rings. The number of carbonyl (C=O) groups excluding carboxylic acids is 1. The van der Waals surface area contributed by atoms with Crippen molar-refractivity contribution >= 4 is 33.4 Å². The highest BCUT2D eigenvalue weighted by Gasteiger charge is 2.17. The number of nitro benzene ring substituents is 1. The van der Waals surface area contributed by atoms with Gasteiger partial charge in [-0.05, 0) is 18.6 Å². The molecule has 6 nitrogen and oxygen atoms in total. The van der Waals surface area contributed by atoms with Gasteiger partial charge in [0.05, 0.1) is 16.2 Å². The Bertz CT molecular complexity index is 704. The summed E-state index contributed by atoms with van der Waals surface area (Å²) in [7, 11) is 0. The Morgan fingerprint density at radius 1 is 1.32 bits per heavy atom. The van der Waals surface area contributed by atoms with Gasteiger partial charge in [0.1, 0.15) is 6.61 Å². The summed E-state index contributed by atoms with van der Waals surface area (Å²) in [6, 6.07) is 12.2. The molecule has 0 aliphatic rings. The van der Waals surface area contributed by atoms with Crippen molar-refractivity contribution in [2.75, 3.05) is 5.32 Å². The minimum atomic E-state index is -0.667. The molecule has 0 aliphatic heterocycles. The van der Waals surface area contributed by atoms with Crippen LogP contribution in [0, 0.1) is 17.0 Å². The van der Waals surface area contributed by atoms with Crippen LogP contribution in [0.5, 0.6) is 0 Å². The first-order chi connectivity index (χ1) is 10.5. The number of carbonyl (C=O) groups is 1. The average molecular weight is 365 g/mol. The second-order valence-corrected chi connectivity index (χ2v) is 5.46. The summed E-state index contributed by atoms with van der Waals surface area (Å²) in [6.07, 6.45) is -0.667. The minimum absolute atomic E-state index is 0.0762. The van der Waals surface area contributed by atoms with E-state index >= 15 is 0 Å². The second-order valence-electron chi connectivity index (χ2n) is 4.54. The van der Waals surface area contributed by atoms with Gasteiger partial charge in [0.25, 0.3) is 5.69 Å². The van der Waals surface area contributed by atoms with Crippen LogP contribution in [-0.4, -0.2) is 11.0 Å². The van der Waals surface area contributed by atoms with Gasteiger partial charge in [-0.25, -0.2) is 4.79 Å². The third-order valence-corrected chi connectivity index (χ3v) is 3.45. The zero-order valence-corrected chi connectivity index (χ0v) is 13.3. The lowest BCUT2D eigenvalue weighted by atomic mass is 10.1. The van der Waals surface area contributed by atoms with Gasteiger partial charge in [0, 0.05) is 10.5 Å². The molecule has 2 aromatic rings. The Morgan fingerprint density at radius 2 is 2.00 bits per heavy atom. The molecule has 0 radical (unpaired) electrons. The van der Waals surface area contributed by atoms with Crippen molar-refractivity contribution in [1.29, 1.82) is 0 Å². The Balaban J connectivity index is 2.07. The lowest BCUT2D eigenvalue weighted by molar-refractivity contribution is -0.385. The van der Waals surface area contributed by atoms with Crippen molar-refractivity contribution in [2.45, 2.75) is 13.5 Å². The van der Waals surface area contributed by atoms with Crippen LogP contribution < -0.4 is 5.32 Å². The molecule has 0 aromatic heterocycles. The Hall–Kier alpha value is -2.41.